The van der Waals surface area contributed by atoms with E-state index < -0.39 is 26.9 Å². The van der Waals surface area contributed by atoms with Gasteiger partial charge in [-0.25, -0.2) is 0 Å². The van der Waals surface area contributed by atoms with E-state index in [1.54, 1.807) is 6.92 Å². The van der Waals surface area contributed by atoms with Gasteiger partial charge in [-0.3, -0.25) is 29.8 Å². The van der Waals surface area contributed by atoms with Gasteiger partial charge in [-0.15, -0.1) is 0 Å². The molecule has 1 aromatic rings. The molecule has 148 valence electrons. The highest BCUT2D eigenvalue weighted by molar-refractivity contribution is 6.02. The third-order valence-electron chi connectivity index (χ3n) is 4.59. The largest absolute Gasteiger partial charge is 0.465 e. The highest BCUT2D eigenvalue weighted by Crippen LogP contribution is 2.35. The topological polar surface area (TPSA) is 130 Å². The normalized spacial score (nSPS) is 12.9. The van der Waals surface area contributed by atoms with Crippen LogP contribution in [0.15, 0.2) is 18.2 Å². The number of nitrogens with zero attached hydrogens (tertiary/aromatic N) is 2. The van der Waals surface area contributed by atoms with E-state index in [1.165, 1.54) is 19.1 Å². The molecule has 0 aliphatic carbocycles. The van der Waals surface area contributed by atoms with Crippen molar-refractivity contribution in [3.8, 4) is 0 Å². The minimum absolute atomic E-state index is 0.0415. The van der Waals surface area contributed by atoms with Crippen LogP contribution in [0.1, 0.15) is 52.0 Å². The monoisotopic (exact) mass is 380 g/mol. The summed E-state index contributed by atoms with van der Waals surface area (Å²) < 4.78 is 5.10. The number of hydrogen-bond donors (Lipinski definition) is 0. The van der Waals surface area contributed by atoms with Crippen LogP contribution in [0.2, 0.25) is 0 Å². The molecule has 0 unspecified atom stereocenters. The molecule has 1 atom stereocenters. The van der Waals surface area contributed by atoms with E-state index in [1.807, 2.05) is 6.92 Å². The molecule has 27 heavy (non-hydrogen) atoms. The lowest BCUT2D eigenvalue weighted by molar-refractivity contribution is -0.394. The number of Topliss-reactive ketones (excluding diaryl/α,β-unsaturated/α-hetero) is 1. The van der Waals surface area contributed by atoms with Crippen LogP contribution < -0.4 is 0 Å². The maximum Gasteiger partial charge on any atom is 0.319 e. The van der Waals surface area contributed by atoms with E-state index >= 15 is 0 Å². The number of esters is 1. The van der Waals surface area contributed by atoms with Crippen LogP contribution in [0.3, 0.4) is 0 Å². The summed E-state index contributed by atoms with van der Waals surface area (Å²) in [5, 5.41) is 22.1. The van der Waals surface area contributed by atoms with E-state index in [2.05, 4.69) is 0 Å². The van der Waals surface area contributed by atoms with Crippen molar-refractivity contribution in [2.45, 2.75) is 52.9 Å². The number of aryl methyl sites for hydroxylation is 1. The van der Waals surface area contributed by atoms with Gasteiger partial charge >= 0.3 is 5.97 Å². The molecule has 9 heteroatoms. The van der Waals surface area contributed by atoms with Gasteiger partial charge in [0.2, 0.25) is 0 Å². The summed E-state index contributed by atoms with van der Waals surface area (Å²) in [6, 6.07) is 3.36. The fourth-order valence-electron chi connectivity index (χ4n) is 2.97. The fraction of sp³-hybridized carbons (Fsp3) is 0.556. The Morgan fingerprint density at radius 3 is 2.26 bits per heavy atom. The zero-order chi connectivity index (χ0) is 20.6. The van der Waals surface area contributed by atoms with Crippen molar-refractivity contribution in [2.24, 2.45) is 5.41 Å². The SMILES string of the molecule is CCCC[C@@](CCc1ccc([N+](=O)[O-])cc1[N+](=O)[O-])(C(C)=O)C(=O)OCC. The Labute approximate surface area is 157 Å². The van der Waals surface area contributed by atoms with E-state index in [-0.39, 0.29) is 36.5 Å². The number of unbranched alkanes of at least 4 members (excludes halogenated alkanes) is 1. The first kappa shape index (κ1) is 22.2. The second kappa shape index (κ2) is 9.75. The molecule has 0 heterocycles. The minimum Gasteiger partial charge on any atom is -0.465 e. The highest BCUT2D eigenvalue weighted by Gasteiger charge is 2.44. The summed E-state index contributed by atoms with van der Waals surface area (Å²) >= 11 is 0. The highest BCUT2D eigenvalue weighted by atomic mass is 16.6. The Bertz CT molecular complexity index is 732. The van der Waals surface area contributed by atoms with Crippen LogP contribution in [0.5, 0.6) is 0 Å². The van der Waals surface area contributed by atoms with Crippen LogP contribution in [0.25, 0.3) is 0 Å². The number of carbonyl (C=O) groups is 2. The number of nitro groups is 2. The van der Waals surface area contributed by atoms with Gasteiger partial charge in [-0.2, -0.15) is 0 Å². The van der Waals surface area contributed by atoms with Gasteiger partial charge in [0.25, 0.3) is 11.4 Å². The predicted molar refractivity (Wildman–Crippen MR) is 97.3 cm³/mol. The summed E-state index contributed by atoms with van der Waals surface area (Å²) in [6.45, 7) is 5.01. The average Bonchev–Trinajstić information content (AvgIpc) is 2.61. The molecule has 9 nitrogen and oxygen atoms in total. The number of carbonyl (C=O) groups excluding carboxylic acids is 2. The predicted octanol–water partition coefficient (Wildman–Crippen LogP) is 3.76. The molecular weight excluding hydrogens is 356 g/mol. The van der Waals surface area contributed by atoms with Crippen molar-refractivity contribution in [1.82, 2.24) is 0 Å². The smallest absolute Gasteiger partial charge is 0.319 e. The molecule has 1 rings (SSSR count). The van der Waals surface area contributed by atoms with Crippen molar-refractivity contribution < 1.29 is 24.2 Å². The summed E-state index contributed by atoms with van der Waals surface area (Å²) in [5.74, 6) is -0.977. The zero-order valence-corrected chi connectivity index (χ0v) is 15.7. The lowest BCUT2D eigenvalue weighted by Gasteiger charge is -2.29. The van der Waals surface area contributed by atoms with Crippen LogP contribution in [-0.4, -0.2) is 28.2 Å². The molecule has 0 spiro atoms. The van der Waals surface area contributed by atoms with E-state index in [0.717, 1.165) is 12.5 Å². The molecule has 0 N–H and O–H groups in total. The van der Waals surface area contributed by atoms with Crippen LogP contribution in [0, 0.1) is 25.6 Å². The number of rotatable bonds is 11. The Hall–Kier alpha value is -2.84. The van der Waals surface area contributed by atoms with Crippen molar-refractivity contribution in [3.05, 3.63) is 44.0 Å². The zero-order valence-electron chi connectivity index (χ0n) is 15.7. The van der Waals surface area contributed by atoms with E-state index in [9.17, 15) is 29.8 Å². The molecule has 0 aromatic heterocycles. The van der Waals surface area contributed by atoms with Crippen molar-refractivity contribution in [2.75, 3.05) is 6.61 Å². The lowest BCUT2D eigenvalue weighted by atomic mass is 9.74. The Balaban J connectivity index is 3.23. The molecule has 0 aliphatic rings. The summed E-state index contributed by atoms with van der Waals surface area (Å²) in [4.78, 5) is 45.6. The van der Waals surface area contributed by atoms with Crippen molar-refractivity contribution in [1.29, 1.82) is 0 Å². The van der Waals surface area contributed by atoms with Crippen molar-refractivity contribution >= 4 is 23.1 Å². The standard InChI is InChI=1S/C18H24N2O7/c1-4-6-10-18(13(3)21,17(22)27-5-2)11-9-14-7-8-15(19(23)24)12-16(14)20(25)26/h7-8,12H,4-6,9-11H2,1-3H3/t18-/m1/s1. The van der Waals surface area contributed by atoms with E-state index in [4.69, 9.17) is 4.74 Å². The second-order valence-corrected chi connectivity index (χ2v) is 6.29. The average molecular weight is 380 g/mol. The third-order valence-corrected chi connectivity index (χ3v) is 4.59. The van der Waals surface area contributed by atoms with Gasteiger partial charge < -0.3 is 4.74 Å². The molecule has 0 radical (unpaired) electrons. The number of nitro benzene ring substituents is 2. The number of hydrogen-bond acceptors (Lipinski definition) is 7. The molecule has 0 bridgehead atoms. The number of ether oxygens (including phenoxy) is 1. The first-order chi connectivity index (χ1) is 12.7. The first-order valence-electron chi connectivity index (χ1n) is 8.79. The molecule has 0 saturated heterocycles. The molecule has 1 aromatic carbocycles. The van der Waals surface area contributed by atoms with Gasteiger partial charge in [-0.05, 0) is 39.2 Å². The van der Waals surface area contributed by atoms with Gasteiger partial charge in [0, 0.05) is 11.6 Å². The third kappa shape index (κ3) is 5.32. The molecule has 0 fully saturated rings. The second-order valence-electron chi connectivity index (χ2n) is 6.29. The quantitative estimate of drug-likeness (QED) is 0.247. The summed E-state index contributed by atoms with van der Waals surface area (Å²) in [7, 11) is 0. The molecule has 0 saturated carbocycles. The lowest BCUT2D eigenvalue weighted by Crippen LogP contribution is -2.40. The Morgan fingerprint density at radius 2 is 1.78 bits per heavy atom. The molecule has 0 aliphatic heterocycles. The maximum absolute atomic E-state index is 12.5. The van der Waals surface area contributed by atoms with Crippen LogP contribution in [0.4, 0.5) is 11.4 Å². The Kier molecular flexibility index (Phi) is 8.01. The summed E-state index contributed by atoms with van der Waals surface area (Å²) in [5.41, 5.74) is -1.93. The number of ketones is 1. The first-order valence-corrected chi connectivity index (χ1v) is 8.79. The molecular formula is C18H24N2O7. The van der Waals surface area contributed by atoms with Crippen LogP contribution in [-0.2, 0) is 20.7 Å². The fourth-order valence-corrected chi connectivity index (χ4v) is 2.97. The maximum atomic E-state index is 12.5. The van der Waals surface area contributed by atoms with Crippen LogP contribution >= 0.6 is 0 Å². The number of benzene rings is 1. The molecule has 0 amide bonds. The van der Waals surface area contributed by atoms with Crippen molar-refractivity contribution in [3.63, 3.8) is 0 Å². The summed E-state index contributed by atoms with van der Waals surface area (Å²) in [6.07, 6.45) is 1.78. The van der Waals surface area contributed by atoms with Gasteiger partial charge in [0.05, 0.1) is 22.5 Å². The minimum atomic E-state index is -1.37. The van der Waals surface area contributed by atoms with Gasteiger partial charge in [-0.1, -0.05) is 19.8 Å². The number of non-ortho nitro benzene ring substituents is 1. The van der Waals surface area contributed by atoms with Gasteiger partial charge in [0.1, 0.15) is 11.2 Å². The van der Waals surface area contributed by atoms with E-state index in [0.29, 0.717) is 12.8 Å². The Morgan fingerprint density at radius 1 is 1.11 bits per heavy atom. The van der Waals surface area contributed by atoms with Gasteiger partial charge in [0.15, 0.2) is 0 Å².